The molecule has 0 bridgehead atoms. The Morgan fingerprint density at radius 3 is 1.87 bits per heavy atom. The fraction of sp³-hybridized carbons (Fsp3) is 0.487. The van der Waals surface area contributed by atoms with Crippen LogP contribution >= 0.6 is 21.6 Å². The molecule has 254 valence electrons. The highest BCUT2D eigenvalue weighted by Crippen LogP contribution is 2.37. The average Bonchev–Trinajstić information content (AvgIpc) is 3.05. The van der Waals surface area contributed by atoms with Gasteiger partial charge in [-0.05, 0) is 77.2 Å². The first-order chi connectivity index (χ1) is 22.4. The van der Waals surface area contributed by atoms with Gasteiger partial charge in [-0.3, -0.25) is 9.59 Å². The van der Waals surface area contributed by atoms with Gasteiger partial charge in [0.1, 0.15) is 0 Å². The highest BCUT2D eigenvalue weighted by molar-refractivity contribution is 8.77. The standard InChI is InChI=1S/C39H59N3O2S2/c1-4-5-6-7-8-9-10-11-12-13-14-15-16-17-18-19-20-21-25-30-37(43)41-32-33-45-46-39(2,3)36(34-40)42-38(44)31-26-29-35-27-23-22-24-28-35/h5-6,8-9,11-12,14-15,17-18,20-24,27-28,36H,4,7,10,13,16,19,25-26,29-34,40H2,1-3H3,(H,41,43)(H,42,44)/b6-5-,9-8-,12-11-,15-14-,18-17-,21-20-/t36-/m1/s1. The third-order valence-corrected chi connectivity index (χ3v) is 10.4. The van der Waals surface area contributed by atoms with Crippen molar-refractivity contribution in [2.45, 2.75) is 102 Å². The third-order valence-electron chi connectivity index (χ3n) is 7.04. The summed E-state index contributed by atoms with van der Waals surface area (Å²) in [5.41, 5.74) is 7.28. The number of aryl methyl sites for hydroxylation is 1. The minimum atomic E-state index is -0.228. The van der Waals surface area contributed by atoms with Crippen molar-refractivity contribution in [3.05, 3.63) is 109 Å². The van der Waals surface area contributed by atoms with Gasteiger partial charge in [0.15, 0.2) is 0 Å². The average molecular weight is 666 g/mol. The molecule has 0 unspecified atom stereocenters. The topological polar surface area (TPSA) is 84.2 Å². The van der Waals surface area contributed by atoms with Crippen molar-refractivity contribution in [2.75, 3.05) is 18.8 Å². The molecule has 5 nitrogen and oxygen atoms in total. The lowest BCUT2D eigenvalue weighted by molar-refractivity contribution is -0.122. The van der Waals surface area contributed by atoms with Gasteiger partial charge in [-0.25, -0.2) is 0 Å². The van der Waals surface area contributed by atoms with E-state index in [0.717, 1.165) is 63.5 Å². The second kappa shape index (κ2) is 28.5. The second-order valence-electron chi connectivity index (χ2n) is 11.5. The van der Waals surface area contributed by atoms with Crippen molar-refractivity contribution in [2.24, 2.45) is 5.73 Å². The molecule has 0 fully saturated rings. The number of hydrogen-bond acceptors (Lipinski definition) is 5. The van der Waals surface area contributed by atoms with Crippen LogP contribution in [0.3, 0.4) is 0 Å². The van der Waals surface area contributed by atoms with Crippen molar-refractivity contribution < 1.29 is 9.59 Å². The van der Waals surface area contributed by atoms with E-state index < -0.39 is 0 Å². The lowest BCUT2D eigenvalue weighted by Crippen LogP contribution is -2.51. The molecule has 0 radical (unpaired) electrons. The van der Waals surface area contributed by atoms with Crippen LogP contribution in [-0.2, 0) is 16.0 Å². The highest BCUT2D eigenvalue weighted by Gasteiger charge is 2.30. The second-order valence-corrected chi connectivity index (χ2v) is 14.6. The van der Waals surface area contributed by atoms with Crippen LogP contribution in [0.15, 0.2) is 103 Å². The third kappa shape index (κ3) is 23.6. The van der Waals surface area contributed by atoms with Crippen molar-refractivity contribution in [1.29, 1.82) is 0 Å². The number of rotatable bonds is 26. The summed E-state index contributed by atoms with van der Waals surface area (Å²) in [5, 5.41) is 6.14. The Balaban J connectivity index is 2.07. The molecule has 7 heteroatoms. The van der Waals surface area contributed by atoms with Gasteiger partial charge in [0.25, 0.3) is 0 Å². The van der Waals surface area contributed by atoms with Crippen molar-refractivity contribution >= 4 is 33.4 Å². The first-order valence-electron chi connectivity index (χ1n) is 16.9. The number of amides is 2. The van der Waals surface area contributed by atoms with Gasteiger partial charge in [0.2, 0.25) is 11.8 Å². The van der Waals surface area contributed by atoms with Gasteiger partial charge in [-0.2, -0.15) is 0 Å². The molecule has 0 aliphatic rings. The molecular weight excluding hydrogens is 607 g/mol. The first-order valence-corrected chi connectivity index (χ1v) is 19.2. The highest BCUT2D eigenvalue weighted by atomic mass is 33.1. The Morgan fingerprint density at radius 1 is 0.783 bits per heavy atom. The Labute approximate surface area is 288 Å². The molecule has 1 atom stereocenters. The van der Waals surface area contributed by atoms with E-state index in [2.05, 4.69) is 116 Å². The lowest BCUT2D eigenvalue weighted by atomic mass is 10.0. The van der Waals surface area contributed by atoms with Crippen LogP contribution in [-0.4, -0.2) is 41.4 Å². The Hall–Kier alpha value is -2.74. The molecule has 0 saturated heterocycles. The number of benzene rings is 1. The molecule has 0 spiro atoms. The molecule has 46 heavy (non-hydrogen) atoms. The van der Waals surface area contributed by atoms with Crippen LogP contribution in [0.4, 0.5) is 0 Å². The predicted molar refractivity (Wildman–Crippen MR) is 205 cm³/mol. The van der Waals surface area contributed by atoms with Crippen molar-refractivity contribution in [3.63, 3.8) is 0 Å². The SMILES string of the molecule is CC/C=C\C/C=C\C/C=C\C/C=C\C/C=C\C/C=C\CCC(=O)NCCSSC(C)(C)[C@@H](CN)NC(=O)CCCc1ccccc1. The molecule has 1 aromatic rings. The molecule has 0 aromatic heterocycles. The maximum atomic E-state index is 12.5. The monoisotopic (exact) mass is 665 g/mol. The molecular formula is C39H59N3O2S2. The van der Waals surface area contributed by atoms with Gasteiger partial charge < -0.3 is 16.4 Å². The predicted octanol–water partition coefficient (Wildman–Crippen LogP) is 9.21. The van der Waals surface area contributed by atoms with Crippen LogP contribution < -0.4 is 16.4 Å². The summed E-state index contributed by atoms with van der Waals surface area (Å²) in [5.74, 6) is 0.915. The van der Waals surface area contributed by atoms with Gasteiger partial charge in [0.05, 0.1) is 6.04 Å². The summed E-state index contributed by atoms with van der Waals surface area (Å²) < 4.78 is -0.228. The number of nitrogens with two attached hydrogens (primary N) is 1. The fourth-order valence-corrected chi connectivity index (χ4v) is 6.91. The van der Waals surface area contributed by atoms with Gasteiger partial charge in [-0.15, -0.1) is 0 Å². The number of allylic oxidation sites excluding steroid dienone is 12. The minimum Gasteiger partial charge on any atom is -0.355 e. The summed E-state index contributed by atoms with van der Waals surface area (Å²) in [4.78, 5) is 24.7. The normalized spacial score (nSPS) is 13.3. The smallest absolute Gasteiger partial charge is 0.220 e. The summed E-state index contributed by atoms with van der Waals surface area (Å²) in [6.07, 6.45) is 35.5. The Bertz CT molecular complexity index is 1110. The molecule has 4 N–H and O–H groups in total. The van der Waals surface area contributed by atoms with E-state index in [1.165, 1.54) is 5.56 Å². The van der Waals surface area contributed by atoms with Crippen LogP contribution in [0.25, 0.3) is 0 Å². The largest absolute Gasteiger partial charge is 0.355 e. The number of hydrogen-bond donors (Lipinski definition) is 3. The van der Waals surface area contributed by atoms with E-state index in [4.69, 9.17) is 5.73 Å². The van der Waals surface area contributed by atoms with Crippen LogP contribution in [0.1, 0.15) is 90.5 Å². The number of carbonyl (C=O) groups is 2. The summed E-state index contributed by atoms with van der Waals surface area (Å²) in [7, 11) is 3.41. The maximum Gasteiger partial charge on any atom is 0.220 e. The first kappa shape index (κ1) is 41.3. The molecule has 0 aliphatic heterocycles. The van der Waals surface area contributed by atoms with Crippen LogP contribution in [0.2, 0.25) is 0 Å². The zero-order valence-electron chi connectivity index (χ0n) is 28.5. The van der Waals surface area contributed by atoms with Gasteiger partial charge in [0, 0.05) is 36.4 Å². The number of nitrogens with one attached hydrogen (secondary N) is 2. The minimum absolute atomic E-state index is 0.0456. The zero-order valence-corrected chi connectivity index (χ0v) is 30.1. The Kier molecular flexibility index (Phi) is 25.6. The molecule has 2 amide bonds. The molecule has 0 saturated carbocycles. The van der Waals surface area contributed by atoms with E-state index in [1.54, 1.807) is 21.6 Å². The van der Waals surface area contributed by atoms with E-state index in [1.807, 2.05) is 18.2 Å². The van der Waals surface area contributed by atoms with Crippen LogP contribution in [0.5, 0.6) is 0 Å². The molecule has 0 aliphatic carbocycles. The molecule has 0 heterocycles. The fourth-order valence-electron chi connectivity index (χ4n) is 4.31. The maximum absolute atomic E-state index is 12.5. The number of carbonyl (C=O) groups excluding carboxylic acids is 2. The summed E-state index contributed by atoms with van der Waals surface area (Å²) >= 11 is 0. The molecule has 1 rings (SSSR count). The van der Waals surface area contributed by atoms with E-state index in [9.17, 15) is 9.59 Å². The summed E-state index contributed by atoms with van der Waals surface area (Å²) in [6, 6.07) is 10.1. The summed E-state index contributed by atoms with van der Waals surface area (Å²) in [6.45, 7) is 7.37. The van der Waals surface area contributed by atoms with E-state index in [-0.39, 0.29) is 22.6 Å². The molecule has 1 aromatic carbocycles. The zero-order chi connectivity index (χ0) is 33.6. The Morgan fingerprint density at radius 2 is 1.33 bits per heavy atom. The van der Waals surface area contributed by atoms with E-state index >= 15 is 0 Å². The quantitative estimate of drug-likeness (QED) is 0.0522. The van der Waals surface area contributed by atoms with Crippen LogP contribution in [0, 0.1) is 0 Å². The van der Waals surface area contributed by atoms with E-state index in [0.29, 0.717) is 25.9 Å². The lowest BCUT2D eigenvalue weighted by Gasteiger charge is -2.33. The van der Waals surface area contributed by atoms with Crippen molar-refractivity contribution in [1.82, 2.24) is 10.6 Å². The van der Waals surface area contributed by atoms with Gasteiger partial charge in [-0.1, -0.05) is 132 Å². The van der Waals surface area contributed by atoms with Crippen molar-refractivity contribution in [3.8, 4) is 0 Å². The van der Waals surface area contributed by atoms with Gasteiger partial charge >= 0.3 is 0 Å².